The normalized spacial score (nSPS) is 17.3. The van der Waals surface area contributed by atoms with Gasteiger partial charge in [-0.1, -0.05) is 37.5 Å². The molecule has 5 rings (SSSR count). The lowest BCUT2D eigenvalue weighted by Gasteiger charge is -2.27. The summed E-state index contributed by atoms with van der Waals surface area (Å²) in [6, 6.07) is 7.73. The zero-order valence-corrected chi connectivity index (χ0v) is 18.2. The Bertz CT molecular complexity index is 1160. The topological polar surface area (TPSA) is 55.2 Å². The zero-order valence-electron chi connectivity index (χ0n) is 17.4. The lowest BCUT2D eigenvalue weighted by molar-refractivity contribution is 0.0736. The molecule has 0 N–H and O–H groups in total. The highest BCUT2D eigenvalue weighted by molar-refractivity contribution is 7.18. The third kappa shape index (κ3) is 3.47. The molecule has 3 aromatic rings. The number of carbonyl (C=O) groups is 1. The Kier molecular flexibility index (Phi) is 5.19. The number of benzene rings is 1. The van der Waals surface area contributed by atoms with E-state index in [2.05, 4.69) is 4.98 Å². The fourth-order valence-corrected chi connectivity index (χ4v) is 6.15. The number of hydrogen-bond donors (Lipinski definition) is 0. The Morgan fingerprint density at radius 1 is 1.20 bits per heavy atom. The molecule has 0 unspecified atom stereocenters. The fraction of sp³-hybridized carbons (Fsp3) is 0.458. The first-order valence-electron chi connectivity index (χ1n) is 11.0. The first-order chi connectivity index (χ1) is 14.6. The number of aryl methyl sites for hydroxylation is 1. The molecular formula is C24H27N3O2S. The molecule has 0 radical (unpaired) electrons. The SMILES string of the molecule is Cc1ccccc1C(=O)N1CCc2c(sc3ncn(CC4CCCCC4)c(=O)c23)C1. The first kappa shape index (κ1) is 19.5. The third-order valence-corrected chi connectivity index (χ3v) is 7.79. The van der Waals surface area contributed by atoms with E-state index in [-0.39, 0.29) is 11.5 Å². The predicted molar refractivity (Wildman–Crippen MR) is 120 cm³/mol. The second-order valence-electron chi connectivity index (χ2n) is 8.68. The number of carbonyl (C=O) groups excluding carboxylic acids is 1. The molecule has 1 aliphatic carbocycles. The molecule has 1 aromatic carbocycles. The van der Waals surface area contributed by atoms with E-state index < -0.39 is 0 Å². The van der Waals surface area contributed by atoms with Gasteiger partial charge in [0.15, 0.2) is 0 Å². The summed E-state index contributed by atoms with van der Waals surface area (Å²) in [5, 5.41) is 0.788. The van der Waals surface area contributed by atoms with Crippen LogP contribution in [0.15, 0.2) is 35.4 Å². The van der Waals surface area contributed by atoms with E-state index in [1.165, 1.54) is 32.1 Å². The highest BCUT2D eigenvalue weighted by Crippen LogP contribution is 2.33. The maximum absolute atomic E-state index is 13.3. The standard InChI is InChI=1S/C24H27N3O2S/c1-16-7-5-6-10-18(16)23(28)26-12-11-19-20(14-26)30-22-21(19)24(29)27(15-25-22)13-17-8-3-2-4-9-17/h5-7,10,15,17H,2-4,8-9,11-14H2,1H3. The first-order valence-corrected chi connectivity index (χ1v) is 11.8. The number of nitrogens with zero attached hydrogens (tertiary/aromatic N) is 3. The Balaban J connectivity index is 1.43. The fourth-order valence-electron chi connectivity index (χ4n) is 4.95. The summed E-state index contributed by atoms with van der Waals surface area (Å²) in [6.45, 7) is 3.96. The van der Waals surface area contributed by atoms with Crippen LogP contribution in [-0.2, 0) is 19.5 Å². The largest absolute Gasteiger partial charge is 0.333 e. The second kappa shape index (κ2) is 7.99. The quantitative estimate of drug-likeness (QED) is 0.624. The van der Waals surface area contributed by atoms with Gasteiger partial charge in [0.2, 0.25) is 0 Å². The summed E-state index contributed by atoms with van der Waals surface area (Å²) in [5.41, 5.74) is 2.97. The minimum absolute atomic E-state index is 0.0684. The lowest BCUT2D eigenvalue weighted by Crippen LogP contribution is -2.36. The third-order valence-electron chi connectivity index (χ3n) is 6.67. The average Bonchev–Trinajstić information content (AvgIpc) is 3.15. The van der Waals surface area contributed by atoms with Crippen molar-refractivity contribution in [2.45, 2.75) is 58.5 Å². The van der Waals surface area contributed by atoms with Crippen molar-refractivity contribution >= 4 is 27.5 Å². The Morgan fingerprint density at radius 2 is 2.00 bits per heavy atom. The van der Waals surface area contributed by atoms with Gasteiger partial charge in [-0.15, -0.1) is 11.3 Å². The number of aromatic nitrogens is 2. The summed E-state index contributed by atoms with van der Waals surface area (Å²) >= 11 is 1.57. The van der Waals surface area contributed by atoms with Gasteiger partial charge in [-0.2, -0.15) is 0 Å². The van der Waals surface area contributed by atoms with Crippen molar-refractivity contribution in [3.8, 4) is 0 Å². The molecule has 156 valence electrons. The van der Waals surface area contributed by atoms with Crippen LogP contribution < -0.4 is 5.56 Å². The molecule has 2 aromatic heterocycles. The zero-order chi connectivity index (χ0) is 20.7. The van der Waals surface area contributed by atoms with Crippen molar-refractivity contribution in [3.05, 3.63) is 62.5 Å². The molecule has 6 heteroatoms. The Labute approximate surface area is 180 Å². The molecule has 0 spiro atoms. The molecule has 30 heavy (non-hydrogen) atoms. The summed E-state index contributed by atoms with van der Waals surface area (Å²) in [5.74, 6) is 0.659. The monoisotopic (exact) mass is 421 g/mol. The van der Waals surface area contributed by atoms with Crippen LogP contribution in [0.5, 0.6) is 0 Å². The van der Waals surface area contributed by atoms with Crippen molar-refractivity contribution in [3.63, 3.8) is 0 Å². The van der Waals surface area contributed by atoms with E-state index in [1.807, 2.05) is 40.7 Å². The Morgan fingerprint density at radius 3 is 2.80 bits per heavy atom. The van der Waals surface area contributed by atoms with Crippen molar-refractivity contribution in [2.75, 3.05) is 6.54 Å². The van der Waals surface area contributed by atoms with Crippen LogP contribution in [0, 0.1) is 12.8 Å². The summed E-state index contributed by atoms with van der Waals surface area (Å²) < 4.78 is 1.83. The van der Waals surface area contributed by atoms with Gasteiger partial charge in [-0.25, -0.2) is 4.98 Å². The molecule has 3 heterocycles. The van der Waals surface area contributed by atoms with Crippen molar-refractivity contribution in [1.29, 1.82) is 0 Å². The van der Waals surface area contributed by atoms with Crippen LogP contribution in [-0.4, -0.2) is 26.9 Å². The van der Waals surface area contributed by atoms with Crippen molar-refractivity contribution in [2.24, 2.45) is 5.92 Å². The van der Waals surface area contributed by atoms with Crippen LogP contribution in [0.25, 0.3) is 10.2 Å². The molecule has 1 amide bonds. The molecule has 2 aliphatic rings. The average molecular weight is 422 g/mol. The number of rotatable bonds is 3. The number of hydrogen-bond acceptors (Lipinski definition) is 4. The highest BCUT2D eigenvalue weighted by atomic mass is 32.1. The van der Waals surface area contributed by atoms with Gasteiger partial charge in [0.05, 0.1) is 18.3 Å². The Hall–Kier alpha value is -2.47. The molecule has 1 saturated carbocycles. The summed E-state index contributed by atoms with van der Waals surface area (Å²) in [7, 11) is 0. The van der Waals surface area contributed by atoms with Gasteiger partial charge >= 0.3 is 0 Å². The van der Waals surface area contributed by atoms with Gasteiger partial charge in [-0.05, 0) is 49.3 Å². The van der Waals surface area contributed by atoms with Crippen LogP contribution in [0.1, 0.15) is 58.5 Å². The van der Waals surface area contributed by atoms with Crippen LogP contribution in [0.4, 0.5) is 0 Å². The van der Waals surface area contributed by atoms with E-state index in [1.54, 1.807) is 17.7 Å². The van der Waals surface area contributed by atoms with Gasteiger partial charge in [0.1, 0.15) is 4.83 Å². The predicted octanol–water partition coefficient (Wildman–Crippen LogP) is 4.55. The lowest BCUT2D eigenvalue weighted by atomic mass is 9.89. The molecule has 5 nitrogen and oxygen atoms in total. The van der Waals surface area contributed by atoms with E-state index in [0.29, 0.717) is 19.0 Å². The van der Waals surface area contributed by atoms with Crippen LogP contribution in [0.2, 0.25) is 0 Å². The summed E-state index contributed by atoms with van der Waals surface area (Å²) in [4.78, 5) is 34.8. The maximum Gasteiger partial charge on any atom is 0.262 e. The number of amides is 1. The highest BCUT2D eigenvalue weighted by Gasteiger charge is 2.27. The molecular weight excluding hydrogens is 394 g/mol. The van der Waals surface area contributed by atoms with Gasteiger partial charge in [-0.3, -0.25) is 14.2 Å². The summed E-state index contributed by atoms with van der Waals surface area (Å²) in [6.07, 6.45) is 8.74. The molecule has 0 atom stereocenters. The molecule has 0 bridgehead atoms. The molecule has 1 fully saturated rings. The van der Waals surface area contributed by atoms with E-state index in [9.17, 15) is 9.59 Å². The maximum atomic E-state index is 13.3. The van der Waals surface area contributed by atoms with Crippen molar-refractivity contribution in [1.82, 2.24) is 14.5 Å². The minimum atomic E-state index is 0.0684. The van der Waals surface area contributed by atoms with Crippen LogP contribution in [0.3, 0.4) is 0 Å². The van der Waals surface area contributed by atoms with E-state index >= 15 is 0 Å². The van der Waals surface area contributed by atoms with Crippen LogP contribution >= 0.6 is 11.3 Å². The minimum Gasteiger partial charge on any atom is -0.333 e. The van der Waals surface area contributed by atoms with Gasteiger partial charge in [0, 0.05) is 23.5 Å². The van der Waals surface area contributed by atoms with Gasteiger partial charge in [0.25, 0.3) is 11.5 Å². The van der Waals surface area contributed by atoms with E-state index in [4.69, 9.17) is 0 Å². The number of thiophene rings is 1. The second-order valence-corrected chi connectivity index (χ2v) is 9.77. The van der Waals surface area contributed by atoms with Crippen molar-refractivity contribution < 1.29 is 4.79 Å². The smallest absolute Gasteiger partial charge is 0.262 e. The molecule has 0 saturated heterocycles. The van der Waals surface area contributed by atoms with Gasteiger partial charge < -0.3 is 4.90 Å². The molecule has 1 aliphatic heterocycles. The van der Waals surface area contributed by atoms with E-state index in [0.717, 1.165) is 44.7 Å². The number of fused-ring (bicyclic) bond motifs is 3.